The largest absolute Gasteiger partial charge is 0.324 e. The van der Waals surface area contributed by atoms with Gasteiger partial charge in [-0.3, -0.25) is 4.79 Å². The summed E-state index contributed by atoms with van der Waals surface area (Å²) in [6.07, 6.45) is 0.460. The summed E-state index contributed by atoms with van der Waals surface area (Å²) in [6, 6.07) is 5.11. The Morgan fingerprint density at radius 3 is 2.43 bits per heavy atom. The minimum atomic E-state index is -0.0746. The molecule has 1 aromatic carbocycles. The molecule has 1 amide bonds. The number of hydrogen-bond donors (Lipinski definition) is 1. The Morgan fingerprint density at radius 1 is 1.36 bits per heavy atom. The van der Waals surface area contributed by atoms with Crippen molar-refractivity contribution in [3.05, 3.63) is 28.2 Å². The highest BCUT2D eigenvalue weighted by molar-refractivity contribution is 14.1. The van der Waals surface area contributed by atoms with Crippen molar-refractivity contribution < 1.29 is 4.79 Å². The molecular formula is C9H8Cl2INO. The Bertz CT molecular complexity index is 323. The van der Waals surface area contributed by atoms with Crippen LogP contribution in [0, 0.1) is 0 Å². The van der Waals surface area contributed by atoms with Gasteiger partial charge in [0.25, 0.3) is 0 Å². The summed E-state index contributed by atoms with van der Waals surface area (Å²) in [5.74, 6) is -0.0746. The summed E-state index contributed by atoms with van der Waals surface area (Å²) in [6.45, 7) is 0. The number of alkyl halides is 1. The molecule has 5 heteroatoms. The predicted octanol–water partition coefficient (Wildman–Crippen LogP) is 3.76. The van der Waals surface area contributed by atoms with E-state index in [-0.39, 0.29) is 5.91 Å². The standard InChI is InChI=1S/C9H8Cl2INO/c10-6-2-1-3-7(11)9(6)13-8(14)4-5-12/h1-3H,4-5H2,(H,13,14). The summed E-state index contributed by atoms with van der Waals surface area (Å²) in [5.41, 5.74) is 0.491. The van der Waals surface area contributed by atoms with E-state index in [4.69, 9.17) is 23.2 Å². The smallest absolute Gasteiger partial charge is 0.225 e. The number of anilines is 1. The van der Waals surface area contributed by atoms with Crippen molar-refractivity contribution in [1.82, 2.24) is 0 Å². The van der Waals surface area contributed by atoms with Gasteiger partial charge >= 0.3 is 0 Å². The van der Waals surface area contributed by atoms with Crippen LogP contribution in [0.1, 0.15) is 6.42 Å². The third kappa shape index (κ3) is 3.29. The fourth-order valence-corrected chi connectivity index (χ4v) is 1.89. The lowest BCUT2D eigenvalue weighted by molar-refractivity contribution is -0.115. The van der Waals surface area contributed by atoms with Crippen molar-refractivity contribution in [3.63, 3.8) is 0 Å². The summed E-state index contributed by atoms with van der Waals surface area (Å²) < 4.78 is 0.770. The zero-order valence-corrected chi connectivity index (χ0v) is 10.9. The summed E-state index contributed by atoms with van der Waals surface area (Å²) in [4.78, 5) is 11.3. The van der Waals surface area contributed by atoms with Crippen LogP contribution in [0.5, 0.6) is 0 Å². The average Bonchev–Trinajstić information content (AvgIpc) is 2.12. The highest BCUT2D eigenvalue weighted by atomic mass is 127. The molecule has 14 heavy (non-hydrogen) atoms. The first-order chi connectivity index (χ1) is 6.65. The summed E-state index contributed by atoms with van der Waals surface area (Å²) in [7, 11) is 0. The lowest BCUT2D eigenvalue weighted by Gasteiger charge is -2.07. The zero-order chi connectivity index (χ0) is 10.6. The monoisotopic (exact) mass is 343 g/mol. The molecule has 0 aromatic heterocycles. The van der Waals surface area contributed by atoms with Gasteiger partial charge in [0.2, 0.25) is 5.91 Å². The fraction of sp³-hybridized carbons (Fsp3) is 0.222. The van der Waals surface area contributed by atoms with E-state index in [1.54, 1.807) is 18.2 Å². The predicted molar refractivity (Wildman–Crippen MR) is 68.6 cm³/mol. The van der Waals surface area contributed by atoms with Crippen molar-refractivity contribution in [2.24, 2.45) is 0 Å². The van der Waals surface area contributed by atoms with Gasteiger partial charge in [-0.25, -0.2) is 0 Å². The average molecular weight is 344 g/mol. The van der Waals surface area contributed by atoms with E-state index in [2.05, 4.69) is 27.9 Å². The first-order valence-corrected chi connectivity index (χ1v) is 6.23. The molecular weight excluding hydrogens is 336 g/mol. The lowest BCUT2D eigenvalue weighted by atomic mass is 10.3. The molecule has 0 bridgehead atoms. The van der Waals surface area contributed by atoms with Crippen molar-refractivity contribution in [3.8, 4) is 0 Å². The number of carbonyl (C=O) groups is 1. The molecule has 0 spiro atoms. The van der Waals surface area contributed by atoms with Gasteiger partial charge in [-0.2, -0.15) is 0 Å². The SMILES string of the molecule is O=C(CCI)Nc1c(Cl)cccc1Cl. The van der Waals surface area contributed by atoms with Gasteiger partial charge in [0.05, 0.1) is 15.7 Å². The topological polar surface area (TPSA) is 29.1 Å². The third-order valence-electron chi connectivity index (χ3n) is 1.55. The first kappa shape index (κ1) is 12.1. The van der Waals surface area contributed by atoms with Gasteiger partial charge in [0.1, 0.15) is 0 Å². The Labute approximate surface area is 106 Å². The van der Waals surface area contributed by atoms with Crippen LogP contribution in [0.4, 0.5) is 5.69 Å². The highest BCUT2D eigenvalue weighted by Gasteiger charge is 2.08. The maximum atomic E-state index is 11.3. The first-order valence-electron chi connectivity index (χ1n) is 3.95. The molecule has 0 fully saturated rings. The second-order valence-electron chi connectivity index (χ2n) is 2.58. The van der Waals surface area contributed by atoms with Crippen molar-refractivity contribution in [2.45, 2.75) is 6.42 Å². The number of hydrogen-bond acceptors (Lipinski definition) is 1. The summed E-state index contributed by atoms with van der Waals surface area (Å²) in [5, 5.41) is 3.59. The number of rotatable bonds is 3. The van der Waals surface area contributed by atoms with Crippen molar-refractivity contribution in [2.75, 3.05) is 9.74 Å². The van der Waals surface area contributed by atoms with Gasteiger partial charge in [-0.05, 0) is 12.1 Å². The van der Waals surface area contributed by atoms with E-state index in [0.29, 0.717) is 22.2 Å². The van der Waals surface area contributed by atoms with Gasteiger partial charge in [-0.15, -0.1) is 0 Å². The molecule has 76 valence electrons. The van der Waals surface area contributed by atoms with Gasteiger partial charge in [-0.1, -0.05) is 51.9 Å². The number of para-hydroxylation sites is 1. The third-order valence-corrected chi connectivity index (χ3v) is 2.72. The van der Waals surface area contributed by atoms with Crippen LogP contribution in [0.2, 0.25) is 10.0 Å². The van der Waals surface area contributed by atoms with E-state index < -0.39 is 0 Å². The molecule has 0 radical (unpaired) electrons. The number of nitrogens with one attached hydrogen (secondary N) is 1. The van der Waals surface area contributed by atoms with Crippen molar-refractivity contribution in [1.29, 1.82) is 0 Å². The molecule has 0 aliphatic carbocycles. The minimum absolute atomic E-state index is 0.0746. The van der Waals surface area contributed by atoms with Crippen LogP contribution >= 0.6 is 45.8 Å². The molecule has 0 saturated carbocycles. The number of halogens is 3. The van der Waals surface area contributed by atoms with Crippen LogP contribution in [0.3, 0.4) is 0 Å². The van der Waals surface area contributed by atoms with E-state index in [9.17, 15) is 4.79 Å². The Morgan fingerprint density at radius 2 is 1.93 bits per heavy atom. The second-order valence-corrected chi connectivity index (χ2v) is 4.48. The maximum Gasteiger partial charge on any atom is 0.225 e. The highest BCUT2D eigenvalue weighted by Crippen LogP contribution is 2.29. The molecule has 0 aliphatic rings. The van der Waals surface area contributed by atoms with Gasteiger partial charge in [0, 0.05) is 10.8 Å². The van der Waals surface area contributed by atoms with Crippen LogP contribution in [0.25, 0.3) is 0 Å². The van der Waals surface area contributed by atoms with E-state index in [0.717, 1.165) is 4.43 Å². The number of amides is 1. The molecule has 0 saturated heterocycles. The Balaban J connectivity index is 2.80. The van der Waals surface area contributed by atoms with Gasteiger partial charge < -0.3 is 5.32 Å². The fourth-order valence-electron chi connectivity index (χ4n) is 0.905. The molecule has 0 heterocycles. The van der Waals surface area contributed by atoms with Gasteiger partial charge in [0.15, 0.2) is 0 Å². The van der Waals surface area contributed by atoms with Crippen LogP contribution in [-0.2, 0) is 4.79 Å². The Kier molecular flexibility index (Phi) is 4.98. The quantitative estimate of drug-likeness (QED) is 0.657. The molecule has 2 nitrogen and oxygen atoms in total. The van der Waals surface area contributed by atoms with Crippen LogP contribution < -0.4 is 5.32 Å². The van der Waals surface area contributed by atoms with Crippen molar-refractivity contribution >= 4 is 57.4 Å². The molecule has 1 aromatic rings. The normalized spacial score (nSPS) is 9.93. The maximum absolute atomic E-state index is 11.3. The van der Waals surface area contributed by atoms with E-state index in [1.165, 1.54) is 0 Å². The summed E-state index contributed by atoms with van der Waals surface area (Å²) >= 11 is 13.9. The number of carbonyl (C=O) groups excluding carboxylic acids is 1. The molecule has 0 atom stereocenters. The molecule has 0 aliphatic heterocycles. The van der Waals surface area contributed by atoms with Crippen LogP contribution in [-0.4, -0.2) is 10.3 Å². The molecule has 0 unspecified atom stereocenters. The van der Waals surface area contributed by atoms with E-state index >= 15 is 0 Å². The van der Waals surface area contributed by atoms with E-state index in [1.807, 2.05) is 0 Å². The minimum Gasteiger partial charge on any atom is -0.324 e. The second kappa shape index (κ2) is 5.78. The lowest BCUT2D eigenvalue weighted by Crippen LogP contribution is -2.12. The zero-order valence-electron chi connectivity index (χ0n) is 7.19. The molecule has 1 rings (SSSR count). The van der Waals surface area contributed by atoms with Crippen LogP contribution in [0.15, 0.2) is 18.2 Å². The Hall–Kier alpha value is -0.000000000000000111. The number of benzene rings is 1. The molecule has 1 N–H and O–H groups in total.